The van der Waals surface area contributed by atoms with Crippen LogP contribution >= 0.6 is 0 Å². The van der Waals surface area contributed by atoms with Crippen molar-refractivity contribution in [2.75, 3.05) is 0 Å². The van der Waals surface area contributed by atoms with Gasteiger partial charge in [0.2, 0.25) is 0 Å². The number of hydrogen-bond acceptors (Lipinski definition) is 0. The molecule has 0 aliphatic carbocycles. The van der Waals surface area contributed by atoms with E-state index in [4.69, 9.17) is 0 Å². The predicted octanol–water partition coefficient (Wildman–Crippen LogP) is 12.1. The van der Waals surface area contributed by atoms with Gasteiger partial charge < -0.3 is 0 Å². The third-order valence-corrected chi connectivity index (χ3v) is 8.11. The van der Waals surface area contributed by atoms with E-state index in [1.165, 1.54) is 152 Å². The monoisotopic (exact) mass is 478 g/mol. The molecule has 2 rings (SSSR count). The minimum atomic E-state index is 1.27. The van der Waals surface area contributed by atoms with Crippen LogP contribution < -0.4 is 0 Å². The molecule has 0 bridgehead atoms. The van der Waals surface area contributed by atoms with Crippen molar-refractivity contribution in [3.8, 4) is 0 Å². The molecule has 0 saturated carbocycles. The van der Waals surface area contributed by atoms with Crippen molar-refractivity contribution < 1.29 is 0 Å². The molecule has 0 aliphatic heterocycles. The molecular formula is C35H58. The Hall–Kier alpha value is -1.30. The summed E-state index contributed by atoms with van der Waals surface area (Å²) in [4.78, 5) is 0. The first-order valence-corrected chi connectivity index (χ1v) is 15.8. The van der Waals surface area contributed by atoms with Gasteiger partial charge in [0.25, 0.3) is 0 Å². The molecule has 198 valence electrons. The van der Waals surface area contributed by atoms with E-state index in [2.05, 4.69) is 51.1 Å². The Labute approximate surface area is 219 Å². The van der Waals surface area contributed by atoms with Crippen LogP contribution in [0.25, 0.3) is 10.8 Å². The maximum Gasteiger partial charge on any atom is -0.0152 e. The molecule has 0 aromatic heterocycles. The zero-order valence-electron chi connectivity index (χ0n) is 23.9. The maximum atomic E-state index is 2.53. The molecule has 0 saturated heterocycles. The summed E-state index contributed by atoms with van der Waals surface area (Å²) in [6.45, 7) is 7.00. The number of benzene rings is 2. The summed E-state index contributed by atoms with van der Waals surface area (Å²) in [5.41, 5.74) is 4.89. The van der Waals surface area contributed by atoms with Gasteiger partial charge in [0.15, 0.2) is 0 Å². The molecule has 0 radical (unpaired) electrons. The molecule has 2 aromatic carbocycles. The summed E-state index contributed by atoms with van der Waals surface area (Å²) in [5, 5.41) is 2.92. The lowest BCUT2D eigenvalue weighted by Crippen LogP contribution is -2.00. The number of hydrogen-bond donors (Lipinski definition) is 0. The van der Waals surface area contributed by atoms with E-state index in [0.29, 0.717) is 0 Å². The third-order valence-electron chi connectivity index (χ3n) is 8.11. The third kappa shape index (κ3) is 12.5. The van der Waals surface area contributed by atoms with Crippen molar-refractivity contribution in [3.63, 3.8) is 0 Å². The van der Waals surface area contributed by atoms with Crippen LogP contribution in [-0.4, -0.2) is 0 Å². The van der Waals surface area contributed by atoms with Gasteiger partial charge in [-0.2, -0.15) is 0 Å². The van der Waals surface area contributed by atoms with E-state index < -0.39 is 0 Å². The molecule has 0 atom stereocenters. The van der Waals surface area contributed by atoms with E-state index in [9.17, 15) is 0 Å². The van der Waals surface area contributed by atoms with E-state index in [-0.39, 0.29) is 0 Å². The highest BCUT2D eigenvalue weighted by Crippen LogP contribution is 2.28. The van der Waals surface area contributed by atoms with E-state index in [1.54, 1.807) is 16.7 Å². The Balaban J connectivity index is 1.75. The van der Waals surface area contributed by atoms with Gasteiger partial charge in [0, 0.05) is 0 Å². The maximum absolute atomic E-state index is 2.53. The first kappa shape index (κ1) is 29.9. The Bertz CT molecular complexity index is 771. The Morgan fingerprint density at radius 1 is 0.486 bits per heavy atom. The first-order valence-electron chi connectivity index (χ1n) is 15.8. The van der Waals surface area contributed by atoms with Gasteiger partial charge >= 0.3 is 0 Å². The summed E-state index contributed by atoms with van der Waals surface area (Å²) < 4.78 is 0. The van der Waals surface area contributed by atoms with Crippen LogP contribution in [0.1, 0.15) is 159 Å². The smallest absolute Gasteiger partial charge is 0.0152 e. The molecule has 0 spiro atoms. The van der Waals surface area contributed by atoms with E-state index in [1.807, 2.05) is 0 Å². The molecule has 0 unspecified atom stereocenters. The fraction of sp³-hybridized carbons (Fsp3) is 0.714. The second-order valence-corrected chi connectivity index (χ2v) is 11.2. The van der Waals surface area contributed by atoms with Crippen molar-refractivity contribution in [2.45, 2.75) is 162 Å². The molecule has 2 aromatic rings. The van der Waals surface area contributed by atoms with Crippen molar-refractivity contribution in [2.24, 2.45) is 0 Å². The largest absolute Gasteiger partial charge is 0.0654 e. The van der Waals surface area contributed by atoms with Crippen LogP contribution in [0.15, 0.2) is 30.3 Å². The average molecular weight is 479 g/mol. The summed E-state index contributed by atoms with van der Waals surface area (Å²) in [5.74, 6) is 0. The van der Waals surface area contributed by atoms with Gasteiger partial charge in [0.1, 0.15) is 0 Å². The average Bonchev–Trinajstić information content (AvgIpc) is 2.87. The van der Waals surface area contributed by atoms with Gasteiger partial charge in [-0.3, -0.25) is 0 Å². The molecule has 0 N–H and O–H groups in total. The van der Waals surface area contributed by atoms with Gasteiger partial charge in [0.05, 0.1) is 0 Å². The summed E-state index contributed by atoms with van der Waals surface area (Å²) in [7, 11) is 0. The summed E-state index contributed by atoms with van der Waals surface area (Å²) in [6.07, 6.45) is 30.9. The number of aryl methyl sites for hydroxylation is 2. The van der Waals surface area contributed by atoms with Gasteiger partial charge in [-0.1, -0.05) is 160 Å². The standard InChI is InChI=1S/C35H58/c1-4-6-8-10-12-14-16-18-20-22-26-32-30-33-27-24-25-29-35(33)31(3)34(32)28-23-21-19-17-15-13-11-9-7-5-2/h24-25,27,29-30H,4-23,26,28H2,1-3H3. The molecular weight excluding hydrogens is 420 g/mol. The van der Waals surface area contributed by atoms with Gasteiger partial charge in [-0.05, 0) is 60.1 Å². The summed E-state index contributed by atoms with van der Waals surface area (Å²) >= 11 is 0. The van der Waals surface area contributed by atoms with Crippen molar-refractivity contribution in [3.05, 3.63) is 47.0 Å². The Morgan fingerprint density at radius 3 is 1.43 bits per heavy atom. The lowest BCUT2D eigenvalue weighted by atomic mass is 9.89. The number of fused-ring (bicyclic) bond motifs is 1. The molecule has 0 nitrogen and oxygen atoms in total. The van der Waals surface area contributed by atoms with Gasteiger partial charge in [-0.25, -0.2) is 0 Å². The minimum absolute atomic E-state index is 1.27. The zero-order valence-corrected chi connectivity index (χ0v) is 23.9. The van der Waals surface area contributed by atoms with Crippen LogP contribution in [0, 0.1) is 6.92 Å². The lowest BCUT2D eigenvalue weighted by Gasteiger charge is -2.16. The van der Waals surface area contributed by atoms with Crippen LogP contribution in [0.4, 0.5) is 0 Å². The van der Waals surface area contributed by atoms with Crippen LogP contribution in [-0.2, 0) is 12.8 Å². The highest BCUT2D eigenvalue weighted by molar-refractivity contribution is 5.87. The second kappa shape index (κ2) is 19.8. The molecule has 0 fully saturated rings. The topological polar surface area (TPSA) is 0 Å². The van der Waals surface area contributed by atoms with Crippen molar-refractivity contribution in [1.29, 1.82) is 0 Å². The Morgan fingerprint density at radius 2 is 0.914 bits per heavy atom. The molecule has 35 heavy (non-hydrogen) atoms. The molecule has 0 heteroatoms. The fourth-order valence-electron chi connectivity index (χ4n) is 5.81. The quantitative estimate of drug-likeness (QED) is 0.148. The SMILES string of the molecule is CCCCCCCCCCCCc1cc2ccccc2c(C)c1CCCCCCCCCCCC. The Kier molecular flexibility index (Phi) is 17.0. The predicted molar refractivity (Wildman–Crippen MR) is 160 cm³/mol. The van der Waals surface area contributed by atoms with Crippen molar-refractivity contribution in [1.82, 2.24) is 0 Å². The lowest BCUT2D eigenvalue weighted by molar-refractivity contribution is 0.553. The fourth-order valence-corrected chi connectivity index (χ4v) is 5.81. The van der Waals surface area contributed by atoms with Crippen molar-refractivity contribution >= 4 is 10.8 Å². The van der Waals surface area contributed by atoms with E-state index >= 15 is 0 Å². The summed E-state index contributed by atoms with van der Waals surface area (Å²) in [6, 6.07) is 11.6. The first-order chi connectivity index (χ1) is 17.3. The highest BCUT2D eigenvalue weighted by Gasteiger charge is 2.10. The van der Waals surface area contributed by atoms with Crippen LogP contribution in [0.3, 0.4) is 0 Å². The normalized spacial score (nSPS) is 11.5. The minimum Gasteiger partial charge on any atom is -0.0654 e. The number of rotatable bonds is 22. The second-order valence-electron chi connectivity index (χ2n) is 11.2. The number of unbranched alkanes of at least 4 members (excludes halogenated alkanes) is 18. The van der Waals surface area contributed by atoms with Crippen LogP contribution in [0.2, 0.25) is 0 Å². The molecule has 0 aliphatic rings. The van der Waals surface area contributed by atoms with E-state index in [0.717, 1.165) is 0 Å². The highest BCUT2D eigenvalue weighted by atomic mass is 14.2. The van der Waals surface area contributed by atoms with Gasteiger partial charge in [-0.15, -0.1) is 0 Å². The van der Waals surface area contributed by atoms with Crippen LogP contribution in [0.5, 0.6) is 0 Å². The molecule has 0 heterocycles. The molecule has 0 amide bonds. The zero-order chi connectivity index (χ0) is 25.0.